The van der Waals surface area contributed by atoms with Gasteiger partial charge in [-0.1, -0.05) is 40.2 Å². The summed E-state index contributed by atoms with van der Waals surface area (Å²) < 4.78 is 0.829. The van der Waals surface area contributed by atoms with Crippen LogP contribution in [0, 0.1) is 18.3 Å². The zero-order valence-electron chi connectivity index (χ0n) is 11.7. The van der Waals surface area contributed by atoms with Crippen molar-refractivity contribution in [3.8, 4) is 6.07 Å². The number of halogens is 1. The van der Waals surface area contributed by atoms with Crippen LogP contribution in [-0.2, 0) is 11.2 Å². The molecule has 0 saturated carbocycles. The Balaban J connectivity index is 2.01. The van der Waals surface area contributed by atoms with Crippen LogP contribution in [0.2, 0.25) is 0 Å². The molecule has 2 aromatic carbocycles. The van der Waals surface area contributed by atoms with Gasteiger partial charge in [-0.05, 0) is 42.7 Å². The molecule has 4 heteroatoms. The Morgan fingerprint density at radius 3 is 2.76 bits per heavy atom. The van der Waals surface area contributed by atoms with E-state index in [1.54, 1.807) is 18.2 Å². The molecule has 0 radical (unpaired) electrons. The van der Waals surface area contributed by atoms with Crippen LogP contribution >= 0.6 is 15.9 Å². The Labute approximate surface area is 132 Å². The van der Waals surface area contributed by atoms with E-state index in [1.807, 2.05) is 31.2 Å². The van der Waals surface area contributed by atoms with Crippen LogP contribution in [0.4, 0.5) is 5.69 Å². The van der Waals surface area contributed by atoms with Gasteiger partial charge in [-0.2, -0.15) is 5.26 Å². The molecule has 3 nitrogen and oxygen atoms in total. The Morgan fingerprint density at radius 2 is 2.05 bits per heavy atom. The minimum atomic E-state index is -0.0900. The second kappa shape index (κ2) is 7.05. The third kappa shape index (κ3) is 4.17. The van der Waals surface area contributed by atoms with E-state index < -0.39 is 0 Å². The lowest BCUT2D eigenvalue weighted by Gasteiger charge is -2.08. The highest BCUT2D eigenvalue weighted by molar-refractivity contribution is 9.10. The summed E-state index contributed by atoms with van der Waals surface area (Å²) in [5.41, 5.74) is 3.36. The average Bonchev–Trinajstić information content (AvgIpc) is 2.47. The number of hydrogen-bond acceptors (Lipinski definition) is 2. The number of anilines is 1. The fraction of sp³-hybridized carbons (Fsp3) is 0.176. The first-order valence-electron chi connectivity index (χ1n) is 6.64. The fourth-order valence-electron chi connectivity index (χ4n) is 2.07. The number of nitriles is 1. The molecule has 2 rings (SSSR count). The van der Waals surface area contributed by atoms with E-state index in [1.165, 1.54) is 11.1 Å². The van der Waals surface area contributed by atoms with Crippen LogP contribution in [0.25, 0.3) is 0 Å². The van der Waals surface area contributed by atoms with Gasteiger partial charge in [0.05, 0.1) is 11.3 Å². The number of carbonyl (C=O) groups is 1. The summed E-state index contributed by atoms with van der Waals surface area (Å²) >= 11 is 3.34. The molecule has 0 aliphatic rings. The van der Waals surface area contributed by atoms with Crippen LogP contribution in [-0.4, -0.2) is 5.91 Å². The summed E-state index contributed by atoms with van der Waals surface area (Å²) in [7, 11) is 0. The highest BCUT2D eigenvalue weighted by Crippen LogP contribution is 2.21. The number of nitrogens with one attached hydrogen (secondary N) is 1. The van der Waals surface area contributed by atoms with Crippen molar-refractivity contribution in [2.75, 3.05) is 5.32 Å². The maximum absolute atomic E-state index is 12.0. The minimum absolute atomic E-state index is 0.0900. The number of hydrogen-bond donors (Lipinski definition) is 1. The van der Waals surface area contributed by atoms with Gasteiger partial charge in [-0.3, -0.25) is 4.79 Å². The molecule has 1 amide bonds. The van der Waals surface area contributed by atoms with Gasteiger partial charge in [0.1, 0.15) is 6.07 Å². The van der Waals surface area contributed by atoms with Crippen molar-refractivity contribution in [2.45, 2.75) is 19.8 Å². The highest BCUT2D eigenvalue weighted by atomic mass is 79.9. The third-order valence-corrected chi connectivity index (χ3v) is 3.75. The van der Waals surface area contributed by atoms with E-state index in [0.29, 0.717) is 24.1 Å². The standard InChI is InChI=1S/C17H15BrN2O/c1-12-4-2-3-5-13(12)7-9-17(21)20-16-10-15(18)8-6-14(16)11-19/h2-6,8,10H,7,9H2,1H3,(H,20,21). The first-order chi connectivity index (χ1) is 10.1. The van der Waals surface area contributed by atoms with E-state index in [-0.39, 0.29) is 5.91 Å². The second-order valence-electron chi connectivity index (χ2n) is 4.78. The number of nitrogens with zero attached hydrogens (tertiary/aromatic N) is 1. The number of carbonyl (C=O) groups excluding carboxylic acids is 1. The maximum atomic E-state index is 12.0. The van der Waals surface area contributed by atoms with Gasteiger partial charge < -0.3 is 5.32 Å². The molecule has 21 heavy (non-hydrogen) atoms. The Kier molecular flexibility index (Phi) is 5.13. The molecule has 0 aromatic heterocycles. The predicted molar refractivity (Wildman–Crippen MR) is 87.0 cm³/mol. The van der Waals surface area contributed by atoms with Crippen molar-refractivity contribution in [3.63, 3.8) is 0 Å². The first kappa shape index (κ1) is 15.3. The molecule has 0 bridgehead atoms. The molecule has 106 valence electrons. The third-order valence-electron chi connectivity index (χ3n) is 3.26. The SMILES string of the molecule is Cc1ccccc1CCC(=O)Nc1cc(Br)ccc1C#N. The molecule has 0 aliphatic carbocycles. The van der Waals surface area contributed by atoms with Gasteiger partial charge in [0, 0.05) is 10.9 Å². The second-order valence-corrected chi connectivity index (χ2v) is 5.69. The van der Waals surface area contributed by atoms with Gasteiger partial charge in [-0.25, -0.2) is 0 Å². The zero-order chi connectivity index (χ0) is 15.2. The van der Waals surface area contributed by atoms with E-state index in [0.717, 1.165) is 4.47 Å². The highest BCUT2D eigenvalue weighted by Gasteiger charge is 2.08. The molecule has 0 fully saturated rings. The maximum Gasteiger partial charge on any atom is 0.224 e. The lowest BCUT2D eigenvalue weighted by atomic mass is 10.0. The molecule has 0 atom stereocenters. The fourth-order valence-corrected chi connectivity index (χ4v) is 2.43. The quantitative estimate of drug-likeness (QED) is 0.905. The monoisotopic (exact) mass is 342 g/mol. The van der Waals surface area contributed by atoms with E-state index >= 15 is 0 Å². The molecular formula is C17H15BrN2O. The lowest BCUT2D eigenvalue weighted by molar-refractivity contribution is -0.116. The van der Waals surface area contributed by atoms with Gasteiger partial charge in [0.25, 0.3) is 0 Å². The molecule has 0 heterocycles. The van der Waals surface area contributed by atoms with Crippen LogP contribution in [0.15, 0.2) is 46.9 Å². The summed E-state index contributed by atoms with van der Waals surface area (Å²) in [6, 6.07) is 15.3. The van der Waals surface area contributed by atoms with Gasteiger partial charge in [0.15, 0.2) is 0 Å². The number of rotatable bonds is 4. The number of aryl methyl sites for hydroxylation is 2. The molecule has 2 aromatic rings. The van der Waals surface area contributed by atoms with E-state index in [9.17, 15) is 4.79 Å². The Bertz CT molecular complexity index is 704. The van der Waals surface area contributed by atoms with Crippen molar-refractivity contribution in [1.82, 2.24) is 0 Å². The van der Waals surface area contributed by atoms with Gasteiger partial charge in [-0.15, -0.1) is 0 Å². The van der Waals surface area contributed by atoms with Crippen LogP contribution < -0.4 is 5.32 Å². The zero-order valence-corrected chi connectivity index (χ0v) is 13.3. The first-order valence-corrected chi connectivity index (χ1v) is 7.43. The van der Waals surface area contributed by atoms with Crippen molar-refractivity contribution in [3.05, 3.63) is 63.6 Å². The number of amides is 1. The average molecular weight is 343 g/mol. The van der Waals surface area contributed by atoms with Crippen molar-refractivity contribution < 1.29 is 4.79 Å². The molecular weight excluding hydrogens is 328 g/mol. The van der Waals surface area contributed by atoms with Crippen LogP contribution in [0.3, 0.4) is 0 Å². The topological polar surface area (TPSA) is 52.9 Å². The summed E-state index contributed by atoms with van der Waals surface area (Å²) in [6.07, 6.45) is 1.08. The molecule has 0 unspecified atom stereocenters. The van der Waals surface area contributed by atoms with E-state index in [2.05, 4.69) is 27.3 Å². The van der Waals surface area contributed by atoms with Crippen LogP contribution in [0.5, 0.6) is 0 Å². The van der Waals surface area contributed by atoms with Gasteiger partial charge in [0.2, 0.25) is 5.91 Å². The molecule has 0 spiro atoms. The van der Waals surface area contributed by atoms with Crippen LogP contribution in [0.1, 0.15) is 23.1 Å². The summed E-state index contributed by atoms with van der Waals surface area (Å²) in [5, 5.41) is 11.9. The smallest absolute Gasteiger partial charge is 0.224 e. The molecule has 1 N–H and O–H groups in total. The molecule has 0 saturated heterocycles. The number of benzene rings is 2. The summed E-state index contributed by atoms with van der Waals surface area (Å²) in [4.78, 5) is 12.0. The van der Waals surface area contributed by atoms with Crippen molar-refractivity contribution in [1.29, 1.82) is 5.26 Å². The minimum Gasteiger partial charge on any atom is -0.325 e. The van der Waals surface area contributed by atoms with Gasteiger partial charge >= 0.3 is 0 Å². The molecule has 0 aliphatic heterocycles. The Hall–Kier alpha value is -2.12. The summed E-state index contributed by atoms with van der Waals surface area (Å²) in [5.74, 6) is -0.0900. The van der Waals surface area contributed by atoms with Crippen molar-refractivity contribution >= 4 is 27.5 Å². The Morgan fingerprint density at radius 1 is 1.29 bits per heavy atom. The lowest BCUT2D eigenvalue weighted by Crippen LogP contribution is -2.13. The normalized spacial score (nSPS) is 9.95. The summed E-state index contributed by atoms with van der Waals surface area (Å²) in [6.45, 7) is 2.04. The van der Waals surface area contributed by atoms with E-state index in [4.69, 9.17) is 5.26 Å². The predicted octanol–water partition coefficient (Wildman–Crippen LogP) is 4.20. The van der Waals surface area contributed by atoms with Crippen molar-refractivity contribution in [2.24, 2.45) is 0 Å². The largest absolute Gasteiger partial charge is 0.325 e.